The number of ether oxygens (including phenoxy) is 1. The number of esters is 1. The summed E-state index contributed by atoms with van der Waals surface area (Å²) < 4.78 is 4.88. The lowest BCUT2D eigenvalue weighted by Gasteiger charge is -2.14. The summed E-state index contributed by atoms with van der Waals surface area (Å²) in [5, 5.41) is 2.57. The lowest BCUT2D eigenvalue weighted by Crippen LogP contribution is -2.28. The summed E-state index contributed by atoms with van der Waals surface area (Å²) in [7, 11) is 1.62. The van der Waals surface area contributed by atoms with Gasteiger partial charge < -0.3 is 4.74 Å². The molecule has 0 spiro atoms. The van der Waals surface area contributed by atoms with Crippen molar-refractivity contribution in [2.24, 2.45) is 0 Å². The number of carbonyl (C=O) groups excluding carboxylic acids is 2. The van der Waals surface area contributed by atoms with Crippen LogP contribution in [0.2, 0.25) is 5.02 Å². The molecule has 0 aliphatic heterocycles. The zero-order chi connectivity index (χ0) is 16.1. The minimum absolute atomic E-state index is 0.155. The monoisotopic (exact) mass is 338 g/mol. The molecule has 0 radical (unpaired) electrons. The van der Waals surface area contributed by atoms with Gasteiger partial charge >= 0.3 is 5.97 Å². The number of halogens is 1. The average molecular weight is 339 g/mol. The zero-order valence-corrected chi connectivity index (χ0v) is 13.8. The standard InChI is InChI=1S/C15H15ClN2O3S/c1-3-21-14(20)12-9-22-15(17-12)18(2)13(19)8-10-6-4-5-7-11(10)16/h4-7,9H,3,8H2,1-2H3. The topological polar surface area (TPSA) is 59.5 Å². The van der Waals surface area contributed by atoms with E-state index in [1.165, 1.54) is 16.2 Å². The molecule has 1 amide bonds. The van der Waals surface area contributed by atoms with Crippen LogP contribution in [0.15, 0.2) is 29.6 Å². The fourth-order valence-corrected chi connectivity index (χ4v) is 2.73. The predicted molar refractivity (Wildman–Crippen MR) is 86.6 cm³/mol. The minimum Gasteiger partial charge on any atom is -0.461 e. The van der Waals surface area contributed by atoms with Crippen LogP contribution in [0.25, 0.3) is 0 Å². The maximum atomic E-state index is 12.3. The van der Waals surface area contributed by atoms with Gasteiger partial charge in [-0.3, -0.25) is 9.69 Å². The van der Waals surface area contributed by atoms with E-state index in [-0.39, 0.29) is 24.6 Å². The van der Waals surface area contributed by atoms with Crippen LogP contribution in [0.1, 0.15) is 23.0 Å². The maximum Gasteiger partial charge on any atom is 0.357 e. The van der Waals surface area contributed by atoms with E-state index in [1.807, 2.05) is 12.1 Å². The number of likely N-dealkylation sites (N-methyl/N-ethyl adjacent to an activating group) is 1. The van der Waals surface area contributed by atoms with Crippen molar-refractivity contribution in [1.82, 2.24) is 4.98 Å². The highest BCUT2D eigenvalue weighted by Crippen LogP contribution is 2.22. The van der Waals surface area contributed by atoms with Crippen LogP contribution in [0.5, 0.6) is 0 Å². The Hall–Kier alpha value is -1.92. The highest BCUT2D eigenvalue weighted by Gasteiger charge is 2.18. The molecule has 116 valence electrons. The number of benzene rings is 1. The lowest BCUT2D eigenvalue weighted by molar-refractivity contribution is -0.117. The van der Waals surface area contributed by atoms with Crippen molar-refractivity contribution in [2.45, 2.75) is 13.3 Å². The summed E-state index contributed by atoms with van der Waals surface area (Å²) in [5.74, 6) is -0.644. The quantitative estimate of drug-likeness (QED) is 0.786. The molecule has 0 aliphatic rings. The van der Waals surface area contributed by atoms with Crippen LogP contribution >= 0.6 is 22.9 Å². The van der Waals surface area contributed by atoms with Gasteiger partial charge in [-0.1, -0.05) is 29.8 Å². The molecule has 0 saturated heterocycles. The number of hydrogen-bond donors (Lipinski definition) is 0. The van der Waals surface area contributed by atoms with Crippen LogP contribution in [-0.4, -0.2) is 30.5 Å². The highest BCUT2D eigenvalue weighted by molar-refractivity contribution is 7.14. The van der Waals surface area contributed by atoms with E-state index in [9.17, 15) is 9.59 Å². The summed E-state index contributed by atoms with van der Waals surface area (Å²) in [4.78, 5) is 29.4. The van der Waals surface area contributed by atoms with E-state index in [0.29, 0.717) is 10.2 Å². The molecule has 2 rings (SSSR count). The maximum absolute atomic E-state index is 12.3. The van der Waals surface area contributed by atoms with Crippen molar-refractivity contribution < 1.29 is 14.3 Å². The number of nitrogens with zero attached hydrogens (tertiary/aromatic N) is 2. The Bertz CT molecular complexity index is 687. The molecule has 1 aromatic carbocycles. The van der Waals surface area contributed by atoms with Gasteiger partial charge in [0.2, 0.25) is 5.91 Å². The molecule has 0 fully saturated rings. The van der Waals surface area contributed by atoms with E-state index in [0.717, 1.165) is 5.56 Å². The SMILES string of the molecule is CCOC(=O)c1csc(N(C)C(=O)Cc2ccccc2Cl)n1. The number of amides is 1. The summed E-state index contributed by atoms with van der Waals surface area (Å²) in [6.45, 7) is 2.01. The Morgan fingerprint density at radius 1 is 1.36 bits per heavy atom. The molecule has 1 heterocycles. The van der Waals surface area contributed by atoms with Gasteiger partial charge in [-0.05, 0) is 18.6 Å². The van der Waals surface area contributed by atoms with E-state index in [1.54, 1.807) is 31.5 Å². The molecule has 1 aromatic heterocycles. The van der Waals surface area contributed by atoms with Crippen molar-refractivity contribution in [2.75, 3.05) is 18.6 Å². The fraction of sp³-hybridized carbons (Fsp3) is 0.267. The van der Waals surface area contributed by atoms with Gasteiger partial charge in [0.25, 0.3) is 0 Å². The van der Waals surface area contributed by atoms with E-state index in [2.05, 4.69) is 4.98 Å². The molecular weight excluding hydrogens is 324 g/mol. The van der Waals surface area contributed by atoms with Crippen molar-refractivity contribution >= 4 is 39.9 Å². The Morgan fingerprint density at radius 2 is 2.09 bits per heavy atom. The van der Waals surface area contributed by atoms with Crippen molar-refractivity contribution in [3.8, 4) is 0 Å². The second-order valence-corrected chi connectivity index (χ2v) is 5.70. The van der Waals surface area contributed by atoms with Gasteiger partial charge in [-0.15, -0.1) is 11.3 Å². The Balaban J connectivity index is 2.08. The number of hydrogen-bond acceptors (Lipinski definition) is 5. The largest absolute Gasteiger partial charge is 0.461 e. The van der Waals surface area contributed by atoms with Gasteiger partial charge in [-0.2, -0.15) is 0 Å². The number of rotatable bonds is 5. The molecule has 0 N–H and O–H groups in total. The first-order chi connectivity index (χ1) is 10.5. The third kappa shape index (κ3) is 3.84. The predicted octanol–water partition coefficient (Wildman–Crippen LogP) is 3.18. The highest BCUT2D eigenvalue weighted by atomic mass is 35.5. The molecule has 22 heavy (non-hydrogen) atoms. The number of aromatic nitrogens is 1. The Kier molecular flexibility index (Phi) is 5.51. The smallest absolute Gasteiger partial charge is 0.357 e. The summed E-state index contributed by atoms with van der Waals surface area (Å²) in [5.41, 5.74) is 0.961. The van der Waals surface area contributed by atoms with Gasteiger partial charge in [0, 0.05) is 17.5 Å². The molecule has 0 unspecified atom stereocenters. The van der Waals surface area contributed by atoms with Crippen molar-refractivity contribution in [3.05, 3.63) is 45.9 Å². The Morgan fingerprint density at radius 3 is 2.77 bits per heavy atom. The van der Waals surface area contributed by atoms with Gasteiger partial charge in [-0.25, -0.2) is 9.78 Å². The third-order valence-electron chi connectivity index (χ3n) is 2.94. The molecule has 0 aliphatic carbocycles. The first-order valence-electron chi connectivity index (χ1n) is 6.65. The average Bonchev–Trinajstić information content (AvgIpc) is 2.99. The van der Waals surface area contributed by atoms with E-state index >= 15 is 0 Å². The first-order valence-corrected chi connectivity index (χ1v) is 7.91. The molecule has 0 saturated carbocycles. The van der Waals surface area contributed by atoms with Crippen LogP contribution in [0.4, 0.5) is 5.13 Å². The first kappa shape index (κ1) is 16.5. The van der Waals surface area contributed by atoms with Crippen molar-refractivity contribution in [3.63, 3.8) is 0 Å². The summed E-state index contributed by atoms with van der Waals surface area (Å²) in [6, 6.07) is 7.19. The third-order valence-corrected chi connectivity index (χ3v) is 4.22. The van der Waals surface area contributed by atoms with Gasteiger partial charge in [0.05, 0.1) is 13.0 Å². The summed E-state index contributed by atoms with van der Waals surface area (Å²) in [6.07, 6.45) is 0.171. The summed E-state index contributed by atoms with van der Waals surface area (Å²) >= 11 is 7.27. The van der Waals surface area contributed by atoms with E-state index < -0.39 is 5.97 Å². The minimum atomic E-state index is -0.489. The number of anilines is 1. The van der Waals surface area contributed by atoms with E-state index in [4.69, 9.17) is 16.3 Å². The second-order valence-electron chi connectivity index (χ2n) is 4.46. The molecule has 7 heteroatoms. The number of carbonyl (C=O) groups is 2. The number of thiazole rings is 1. The van der Waals surface area contributed by atoms with Crippen LogP contribution in [0.3, 0.4) is 0 Å². The molecule has 0 bridgehead atoms. The van der Waals surface area contributed by atoms with Gasteiger partial charge in [0.1, 0.15) is 0 Å². The van der Waals surface area contributed by atoms with Crippen LogP contribution < -0.4 is 4.90 Å². The molecular formula is C15H15ClN2O3S. The van der Waals surface area contributed by atoms with Crippen LogP contribution in [0, 0.1) is 0 Å². The van der Waals surface area contributed by atoms with Crippen LogP contribution in [-0.2, 0) is 16.0 Å². The molecule has 2 aromatic rings. The second kappa shape index (κ2) is 7.38. The zero-order valence-electron chi connectivity index (χ0n) is 12.2. The van der Waals surface area contributed by atoms with Gasteiger partial charge in [0.15, 0.2) is 10.8 Å². The fourth-order valence-electron chi connectivity index (χ4n) is 1.75. The normalized spacial score (nSPS) is 10.3. The Labute approximate surface area is 137 Å². The van der Waals surface area contributed by atoms with Crippen molar-refractivity contribution in [1.29, 1.82) is 0 Å². The lowest BCUT2D eigenvalue weighted by atomic mass is 10.1. The molecule has 5 nitrogen and oxygen atoms in total. The molecule has 0 atom stereocenters.